The predicted octanol–water partition coefficient (Wildman–Crippen LogP) is 4.75. The fourth-order valence-corrected chi connectivity index (χ4v) is 4.61. The minimum Gasteiger partial charge on any atom is -0.323 e. The molecule has 0 saturated heterocycles. The number of benzene rings is 1. The van der Waals surface area contributed by atoms with Crippen molar-refractivity contribution in [3.05, 3.63) is 45.8 Å². The van der Waals surface area contributed by atoms with Gasteiger partial charge in [0.25, 0.3) is 0 Å². The fraction of sp³-hybridized carbons (Fsp3) is 0.214. The van der Waals surface area contributed by atoms with Crippen molar-refractivity contribution in [3.63, 3.8) is 0 Å². The van der Waals surface area contributed by atoms with Crippen molar-refractivity contribution in [1.82, 2.24) is 0 Å². The first kappa shape index (κ1) is 13.0. The van der Waals surface area contributed by atoms with E-state index in [1.54, 1.807) is 23.1 Å². The van der Waals surface area contributed by atoms with E-state index in [9.17, 15) is 4.79 Å². The van der Waals surface area contributed by atoms with Gasteiger partial charge in [-0.3, -0.25) is 4.79 Å². The third-order valence-corrected chi connectivity index (χ3v) is 6.01. The van der Waals surface area contributed by atoms with E-state index in [-0.39, 0.29) is 11.2 Å². The molecule has 0 bridgehead atoms. The summed E-state index contributed by atoms with van der Waals surface area (Å²) >= 11 is 9.27. The van der Waals surface area contributed by atoms with E-state index in [2.05, 4.69) is 18.3 Å². The van der Waals surface area contributed by atoms with Crippen LogP contribution in [0.2, 0.25) is 5.02 Å². The van der Waals surface area contributed by atoms with Crippen LogP contribution in [-0.2, 0) is 11.2 Å². The Morgan fingerprint density at radius 2 is 2.05 bits per heavy atom. The summed E-state index contributed by atoms with van der Waals surface area (Å²) in [5.41, 5.74) is 1.95. The Morgan fingerprint density at radius 3 is 2.74 bits per heavy atom. The molecule has 1 aliphatic heterocycles. The first-order chi connectivity index (χ1) is 9.17. The number of thiophene rings is 1. The standard InChI is InChI=1S/C14H12ClNOS2/c1-2-10-7-11-14(18-10)19-12(13(17)16-11)8-3-5-9(15)6-4-8/h3-7,12H,2H2,1H3,(H,16,17). The van der Waals surface area contributed by atoms with E-state index in [1.165, 1.54) is 9.09 Å². The molecule has 2 nitrogen and oxygen atoms in total. The lowest BCUT2D eigenvalue weighted by Crippen LogP contribution is -2.22. The van der Waals surface area contributed by atoms with E-state index >= 15 is 0 Å². The van der Waals surface area contributed by atoms with Gasteiger partial charge in [-0.2, -0.15) is 0 Å². The second kappa shape index (κ2) is 5.19. The highest BCUT2D eigenvalue weighted by molar-refractivity contribution is 8.02. The number of rotatable bonds is 2. The number of hydrogen-bond donors (Lipinski definition) is 1. The number of anilines is 1. The smallest absolute Gasteiger partial charge is 0.242 e. The second-order valence-electron chi connectivity index (χ2n) is 4.31. The predicted molar refractivity (Wildman–Crippen MR) is 82.4 cm³/mol. The zero-order chi connectivity index (χ0) is 13.4. The molecule has 1 atom stereocenters. The average molecular weight is 310 g/mol. The van der Waals surface area contributed by atoms with Crippen molar-refractivity contribution >= 4 is 46.3 Å². The molecule has 1 aliphatic rings. The second-order valence-corrected chi connectivity index (χ2v) is 7.25. The molecule has 5 heteroatoms. The van der Waals surface area contributed by atoms with Gasteiger partial charge in [0.05, 0.1) is 9.90 Å². The van der Waals surface area contributed by atoms with Gasteiger partial charge in [0.2, 0.25) is 5.91 Å². The maximum atomic E-state index is 12.2. The topological polar surface area (TPSA) is 29.1 Å². The zero-order valence-corrected chi connectivity index (χ0v) is 12.7. The van der Waals surface area contributed by atoms with Crippen molar-refractivity contribution in [2.75, 3.05) is 5.32 Å². The number of fused-ring (bicyclic) bond motifs is 1. The van der Waals surface area contributed by atoms with E-state index in [0.717, 1.165) is 17.7 Å². The van der Waals surface area contributed by atoms with Crippen LogP contribution in [0.4, 0.5) is 5.69 Å². The molecule has 2 aromatic rings. The molecule has 0 radical (unpaired) electrons. The number of aryl methyl sites for hydroxylation is 1. The number of amides is 1. The average Bonchev–Trinajstić information content (AvgIpc) is 2.81. The minimum atomic E-state index is -0.187. The molecule has 1 amide bonds. The summed E-state index contributed by atoms with van der Waals surface area (Å²) in [6.07, 6.45) is 1.000. The van der Waals surface area contributed by atoms with Crippen LogP contribution in [0.3, 0.4) is 0 Å². The molecule has 1 N–H and O–H groups in total. The Labute approximate surface area is 125 Å². The van der Waals surface area contributed by atoms with Gasteiger partial charge in [-0.15, -0.1) is 11.3 Å². The fourth-order valence-electron chi connectivity index (χ4n) is 1.99. The van der Waals surface area contributed by atoms with Crippen LogP contribution in [0.15, 0.2) is 34.5 Å². The molecule has 3 rings (SSSR count). The molecule has 1 aromatic heterocycles. The van der Waals surface area contributed by atoms with E-state index in [0.29, 0.717) is 5.02 Å². The third-order valence-electron chi connectivity index (χ3n) is 2.99. The zero-order valence-electron chi connectivity index (χ0n) is 10.3. The lowest BCUT2D eigenvalue weighted by Gasteiger charge is -2.21. The first-order valence-electron chi connectivity index (χ1n) is 6.03. The Kier molecular flexibility index (Phi) is 3.56. The maximum absolute atomic E-state index is 12.2. The summed E-state index contributed by atoms with van der Waals surface area (Å²) in [6, 6.07) is 9.55. The molecular formula is C14H12ClNOS2. The molecule has 0 saturated carbocycles. The Morgan fingerprint density at radius 1 is 1.32 bits per heavy atom. The summed E-state index contributed by atoms with van der Waals surface area (Å²) < 4.78 is 1.19. The van der Waals surface area contributed by atoms with Gasteiger partial charge in [0.1, 0.15) is 5.25 Å². The highest BCUT2D eigenvalue weighted by atomic mass is 35.5. The van der Waals surface area contributed by atoms with Crippen LogP contribution in [0.25, 0.3) is 0 Å². The molecular weight excluding hydrogens is 298 g/mol. The number of carbonyl (C=O) groups excluding carboxylic acids is 1. The van der Waals surface area contributed by atoms with Gasteiger partial charge in [-0.25, -0.2) is 0 Å². The number of carbonyl (C=O) groups is 1. The van der Waals surface area contributed by atoms with Crippen LogP contribution >= 0.6 is 34.7 Å². The molecule has 0 spiro atoms. The molecule has 0 fully saturated rings. The monoisotopic (exact) mass is 309 g/mol. The lowest BCUT2D eigenvalue weighted by molar-refractivity contribution is -0.115. The van der Waals surface area contributed by atoms with Gasteiger partial charge in [0, 0.05) is 9.90 Å². The molecule has 1 aromatic carbocycles. The van der Waals surface area contributed by atoms with Gasteiger partial charge in [0.15, 0.2) is 0 Å². The van der Waals surface area contributed by atoms with E-state index in [1.807, 2.05) is 24.3 Å². The van der Waals surface area contributed by atoms with Crippen molar-refractivity contribution in [1.29, 1.82) is 0 Å². The summed E-state index contributed by atoms with van der Waals surface area (Å²) in [7, 11) is 0. The molecule has 0 aliphatic carbocycles. The number of halogens is 1. The Bertz CT molecular complexity index is 621. The Balaban J connectivity index is 1.92. The summed E-state index contributed by atoms with van der Waals surface area (Å²) in [6.45, 7) is 2.13. The quantitative estimate of drug-likeness (QED) is 0.867. The van der Waals surface area contributed by atoms with Crippen LogP contribution in [-0.4, -0.2) is 5.91 Å². The third kappa shape index (κ3) is 2.53. The highest BCUT2D eigenvalue weighted by Crippen LogP contribution is 2.48. The molecule has 19 heavy (non-hydrogen) atoms. The van der Waals surface area contributed by atoms with Gasteiger partial charge < -0.3 is 5.32 Å². The lowest BCUT2D eigenvalue weighted by atomic mass is 10.1. The largest absolute Gasteiger partial charge is 0.323 e. The first-order valence-corrected chi connectivity index (χ1v) is 8.10. The van der Waals surface area contributed by atoms with Crippen molar-refractivity contribution in [3.8, 4) is 0 Å². The van der Waals surface area contributed by atoms with Crippen LogP contribution in [0.5, 0.6) is 0 Å². The van der Waals surface area contributed by atoms with Crippen molar-refractivity contribution in [2.24, 2.45) is 0 Å². The Hall–Kier alpha value is -0.970. The van der Waals surface area contributed by atoms with E-state index < -0.39 is 0 Å². The maximum Gasteiger partial charge on any atom is 0.242 e. The molecule has 98 valence electrons. The minimum absolute atomic E-state index is 0.0419. The summed E-state index contributed by atoms with van der Waals surface area (Å²) in [5.74, 6) is 0.0419. The van der Waals surface area contributed by atoms with Gasteiger partial charge in [-0.1, -0.05) is 42.4 Å². The normalized spacial score (nSPS) is 18.0. The van der Waals surface area contributed by atoms with Crippen LogP contribution < -0.4 is 5.32 Å². The van der Waals surface area contributed by atoms with E-state index in [4.69, 9.17) is 11.6 Å². The summed E-state index contributed by atoms with van der Waals surface area (Å²) in [5, 5.41) is 3.50. The number of hydrogen-bond acceptors (Lipinski definition) is 3. The van der Waals surface area contributed by atoms with Gasteiger partial charge >= 0.3 is 0 Å². The molecule has 2 heterocycles. The molecule has 1 unspecified atom stereocenters. The summed E-state index contributed by atoms with van der Waals surface area (Å²) in [4.78, 5) is 13.5. The van der Waals surface area contributed by atoms with Gasteiger partial charge in [-0.05, 0) is 30.2 Å². The highest BCUT2D eigenvalue weighted by Gasteiger charge is 2.29. The SMILES string of the molecule is CCc1cc2c(s1)SC(c1ccc(Cl)cc1)C(=O)N2. The number of nitrogens with one attached hydrogen (secondary N) is 1. The van der Waals surface area contributed by atoms with Crippen LogP contribution in [0.1, 0.15) is 22.6 Å². The van der Waals surface area contributed by atoms with Crippen molar-refractivity contribution < 1.29 is 4.79 Å². The van der Waals surface area contributed by atoms with Crippen molar-refractivity contribution in [2.45, 2.75) is 22.8 Å². The van der Waals surface area contributed by atoms with Crippen LogP contribution in [0, 0.1) is 0 Å². The number of thioether (sulfide) groups is 1.